The number of hydrogen-bond acceptors (Lipinski definition) is 7. The molecular weight excluding hydrogens is 659 g/mol. The van der Waals surface area contributed by atoms with E-state index in [9.17, 15) is 18.0 Å². The zero-order chi connectivity index (χ0) is 33.2. The molecule has 2 heterocycles. The summed E-state index contributed by atoms with van der Waals surface area (Å²) in [5.74, 6) is 0.461. The van der Waals surface area contributed by atoms with Crippen molar-refractivity contribution in [3.63, 3.8) is 0 Å². The average Bonchev–Trinajstić information content (AvgIpc) is 3.63. The Labute approximate surface area is 278 Å². The lowest BCUT2D eigenvalue weighted by molar-refractivity contribution is -0.274. The number of amidine groups is 1. The van der Waals surface area contributed by atoms with Crippen LogP contribution in [0.4, 0.5) is 18.9 Å². The topological polar surface area (TPSA) is 87.9 Å². The van der Waals surface area contributed by atoms with Crippen LogP contribution in [0.1, 0.15) is 43.9 Å². The van der Waals surface area contributed by atoms with Crippen LogP contribution in [-0.2, 0) is 4.79 Å². The number of amides is 1. The van der Waals surface area contributed by atoms with E-state index in [-0.39, 0.29) is 34.5 Å². The van der Waals surface area contributed by atoms with Crippen LogP contribution >= 0.6 is 35.6 Å². The van der Waals surface area contributed by atoms with E-state index in [1.165, 1.54) is 47.0 Å². The van der Waals surface area contributed by atoms with Gasteiger partial charge < -0.3 is 4.74 Å². The van der Waals surface area contributed by atoms with Gasteiger partial charge in [0.25, 0.3) is 0 Å². The van der Waals surface area contributed by atoms with Gasteiger partial charge in [0.05, 0.1) is 23.2 Å². The zero-order valence-corrected chi connectivity index (χ0v) is 27.5. The molecule has 1 aromatic heterocycles. The van der Waals surface area contributed by atoms with Crippen molar-refractivity contribution in [2.45, 2.75) is 39.1 Å². The summed E-state index contributed by atoms with van der Waals surface area (Å²) in [4.78, 5) is 23.4. The number of nitrogens with zero attached hydrogens (tertiary/aromatic N) is 6. The Hall–Kier alpha value is -3.98. The molecule has 0 radical (unpaired) electrons. The number of anilines is 1. The number of ether oxygens (including phenoxy) is 1. The van der Waals surface area contributed by atoms with Crippen LogP contribution in [0.3, 0.4) is 0 Å². The molecule has 3 aromatic carbocycles. The van der Waals surface area contributed by atoms with E-state index in [0.29, 0.717) is 27.4 Å². The van der Waals surface area contributed by atoms with Gasteiger partial charge in [0.15, 0.2) is 11.0 Å². The van der Waals surface area contributed by atoms with Crippen molar-refractivity contribution < 1.29 is 22.7 Å². The molecule has 0 spiro atoms. The highest BCUT2D eigenvalue weighted by atomic mass is 35.5. The van der Waals surface area contributed by atoms with Crippen molar-refractivity contribution in [1.82, 2.24) is 25.2 Å². The van der Waals surface area contributed by atoms with E-state index in [1.807, 2.05) is 55.4 Å². The summed E-state index contributed by atoms with van der Waals surface area (Å²) in [6.07, 6.45) is -3.27. The molecule has 1 N–H and O–H groups in total. The van der Waals surface area contributed by atoms with Gasteiger partial charge in [-0.25, -0.2) is 14.7 Å². The Bertz CT molecular complexity index is 1760. The third-order valence-electron chi connectivity index (χ3n) is 7.15. The molecule has 1 aliphatic heterocycles. The summed E-state index contributed by atoms with van der Waals surface area (Å²) in [5, 5.41) is 7.49. The van der Waals surface area contributed by atoms with Gasteiger partial charge in [-0.3, -0.25) is 15.1 Å². The van der Waals surface area contributed by atoms with Crippen LogP contribution in [0.2, 0.25) is 5.02 Å². The average molecular weight is 688 g/mol. The van der Waals surface area contributed by atoms with E-state index < -0.39 is 6.36 Å². The second kappa shape index (κ2) is 13.8. The summed E-state index contributed by atoms with van der Waals surface area (Å²) in [6.45, 7) is 6.11. The fraction of sp³-hybridized carbons (Fsp3) is 0.258. The van der Waals surface area contributed by atoms with Crippen molar-refractivity contribution >= 4 is 57.5 Å². The number of thioether (sulfide) groups is 1. The lowest BCUT2D eigenvalue weighted by atomic mass is 10.0. The van der Waals surface area contributed by atoms with Crippen LogP contribution < -0.4 is 15.1 Å². The van der Waals surface area contributed by atoms with Crippen molar-refractivity contribution in [3.05, 3.63) is 89.2 Å². The first-order chi connectivity index (χ1) is 21.8. The number of hydrogen-bond donors (Lipinski definition) is 1. The number of aromatic nitrogens is 3. The molecule has 1 atom stereocenters. The zero-order valence-electron chi connectivity index (χ0n) is 25.1. The number of hydrazine groups is 1. The van der Waals surface area contributed by atoms with Crippen LogP contribution in [0.5, 0.6) is 5.75 Å². The molecule has 240 valence electrons. The van der Waals surface area contributed by atoms with Gasteiger partial charge in [-0.1, -0.05) is 67.5 Å². The summed E-state index contributed by atoms with van der Waals surface area (Å²) >= 11 is 13.2. The molecule has 15 heteroatoms. The number of halogens is 4. The van der Waals surface area contributed by atoms with Gasteiger partial charge in [0, 0.05) is 17.6 Å². The maximum absolute atomic E-state index is 12.9. The van der Waals surface area contributed by atoms with E-state index in [1.54, 1.807) is 11.0 Å². The van der Waals surface area contributed by atoms with Crippen LogP contribution in [-0.4, -0.2) is 55.1 Å². The number of benzene rings is 3. The minimum Gasteiger partial charge on any atom is -0.406 e. The van der Waals surface area contributed by atoms with Crippen molar-refractivity contribution in [2.24, 2.45) is 4.99 Å². The Morgan fingerprint density at radius 2 is 1.80 bits per heavy atom. The van der Waals surface area contributed by atoms with Crippen LogP contribution in [0.25, 0.3) is 17.1 Å². The largest absolute Gasteiger partial charge is 0.573 e. The molecule has 1 amide bonds. The molecule has 0 bridgehead atoms. The molecule has 1 aliphatic rings. The highest BCUT2D eigenvalue weighted by molar-refractivity contribution is 8.15. The molecule has 46 heavy (non-hydrogen) atoms. The molecule has 4 aromatic rings. The molecule has 0 aliphatic carbocycles. The third-order valence-corrected chi connectivity index (χ3v) is 8.49. The fourth-order valence-corrected chi connectivity index (χ4v) is 6.02. The Balaban J connectivity index is 1.24. The second-order valence-corrected chi connectivity index (χ2v) is 12.4. The molecule has 0 saturated carbocycles. The van der Waals surface area contributed by atoms with E-state index in [4.69, 9.17) is 23.8 Å². The first-order valence-electron chi connectivity index (χ1n) is 14.0. The maximum Gasteiger partial charge on any atom is 0.573 e. The normalized spacial score (nSPS) is 15.2. The number of carbonyl (C=O) groups is 1. The first-order valence-corrected chi connectivity index (χ1v) is 15.8. The quantitative estimate of drug-likeness (QED) is 0.150. The summed E-state index contributed by atoms with van der Waals surface area (Å²) in [7, 11) is 1.85. The number of rotatable bonds is 8. The monoisotopic (exact) mass is 687 g/mol. The summed E-state index contributed by atoms with van der Waals surface area (Å²) in [6, 6.07) is 18.4. The minimum absolute atomic E-state index is 0.0923. The lowest BCUT2D eigenvalue weighted by Gasteiger charge is -2.26. The van der Waals surface area contributed by atoms with Gasteiger partial charge in [-0.15, -0.1) is 18.3 Å². The Kier molecular flexibility index (Phi) is 10.0. The van der Waals surface area contributed by atoms with Gasteiger partial charge in [-0.05, 0) is 72.6 Å². The number of thiocarbonyl (C=S) groups is 1. The lowest BCUT2D eigenvalue weighted by Crippen LogP contribution is -2.40. The summed E-state index contributed by atoms with van der Waals surface area (Å²) < 4.78 is 42.7. The van der Waals surface area contributed by atoms with E-state index in [0.717, 1.165) is 16.7 Å². The number of carbonyl (C=O) groups excluding carboxylic acids is 1. The molecule has 1 saturated heterocycles. The van der Waals surface area contributed by atoms with Gasteiger partial charge in [-0.2, -0.15) is 4.99 Å². The minimum atomic E-state index is -4.76. The van der Waals surface area contributed by atoms with Crippen molar-refractivity contribution in [3.8, 4) is 22.8 Å². The van der Waals surface area contributed by atoms with E-state index >= 15 is 0 Å². The Morgan fingerprint density at radius 1 is 1.11 bits per heavy atom. The predicted molar refractivity (Wildman–Crippen MR) is 178 cm³/mol. The highest BCUT2D eigenvalue weighted by Crippen LogP contribution is 2.35. The van der Waals surface area contributed by atoms with Crippen LogP contribution in [0, 0.1) is 0 Å². The van der Waals surface area contributed by atoms with Crippen molar-refractivity contribution in [2.75, 3.05) is 17.7 Å². The molecule has 1 unspecified atom stereocenters. The highest BCUT2D eigenvalue weighted by Gasteiger charge is 2.33. The van der Waals surface area contributed by atoms with Crippen LogP contribution in [0.15, 0.2) is 78.0 Å². The van der Waals surface area contributed by atoms with Gasteiger partial charge in [0.1, 0.15) is 12.1 Å². The molecular formula is C31H29ClF3N7O2S2. The van der Waals surface area contributed by atoms with Gasteiger partial charge in [0.2, 0.25) is 11.0 Å². The SMILES string of the molecule is CC(C)c1ccc(Cl)cc1N1C(=O)CS/C1=N\C(=S)NN(C)C(C)c1ccc(-c2ncn(-c3ccc(OC(F)(F)F)cc3)n2)cc1. The van der Waals surface area contributed by atoms with Crippen molar-refractivity contribution in [1.29, 1.82) is 0 Å². The first kappa shape index (κ1) is 33.4. The van der Waals surface area contributed by atoms with E-state index in [2.05, 4.69) is 39.1 Å². The predicted octanol–water partition coefficient (Wildman–Crippen LogP) is 7.53. The number of nitrogens with one attached hydrogen (secondary N) is 1. The van der Waals surface area contributed by atoms with Gasteiger partial charge >= 0.3 is 6.36 Å². The smallest absolute Gasteiger partial charge is 0.406 e. The molecule has 1 fully saturated rings. The number of aliphatic imine (C=N–C) groups is 1. The Morgan fingerprint density at radius 3 is 2.46 bits per heavy atom. The second-order valence-electron chi connectivity index (χ2n) is 10.7. The fourth-order valence-electron chi connectivity index (χ4n) is 4.69. The maximum atomic E-state index is 12.9. The third kappa shape index (κ3) is 7.86. The number of alkyl halides is 3. The summed E-state index contributed by atoms with van der Waals surface area (Å²) in [5.41, 5.74) is 7.07. The molecule has 9 nitrogen and oxygen atoms in total. The molecule has 5 rings (SSSR count). The standard InChI is InChI=1S/C31H29ClF3N7O2S2/c1-18(2)25-14-9-22(32)15-26(25)42-27(43)16-46-30(42)37-29(45)39-40(4)19(3)20-5-7-21(8-6-20)28-36-17-41(38-28)23-10-12-24(13-11-23)44-31(33,34)35/h5-15,17-19H,16H2,1-4H3,(H,39,45)/b37-30-.